The smallest absolute Gasteiger partial charge is 0.323 e. The van der Waals surface area contributed by atoms with Crippen molar-refractivity contribution in [2.24, 2.45) is 5.92 Å². The van der Waals surface area contributed by atoms with Crippen molar-refractivity contribution in [1.29, 1.82) is 0 Å². The SMILES string of the molecule is CC(CC(C)(NC1CC1)C(=O)O)N(C)CC1CCN(C)C1. The zero-order chi connectivity index (χ0) is 15.6. The highest BCUT2D eigenvalue weighted by atomic mass is 16.4. The lowest BCUT2D eigenvalue weighted by Gasteiger charge is -2.34. The molecule has 1 heterocycles. The number of hydrogen-bond donors (Lipinski definition) is 2. The van der Waals surface area contributed by atoms with Crippen molar-refractivity contribution >= 4 is 5.97 Å². The van der Waals surface area contributed by atoms with E-state index in [1.165, 1.54) is 13.0 Å². The number of likely N-dealkylation sites (tertiary alicyclic amines) is 1. The Hall–Kier alpha value is -0.650. The molecule has 0 aromatic heterocycles. The molecular formula is C16H31N3O2. The molecule has 122 valence electrons. The van der Waals surface area contributed by atoms with E-state index in [2.05, 4.69) is 36.1 Å². The third kappa shape index (κ3) is 4.66. The minimum Gasteiger partial charge on any atom is -0.480 e. The highest BCUT2D eigenvalue weighted by Crippen LogP contribution is 2.26. The van der Waals surface area contributed by atoms with Crippen LogP contribution in [0.25, 0.3) is 0 Å². The van der Waals surface area contributed by atoms with Crippen LogP contribution in [0.1, 0.15) is 39.5 Å². The summed E-state index contributed by atoms with van der Waals surface area (Å²) in [5.74, 6) is -0.00910. The van der Waals surface area contributed by atoms with Crippen molar-refractivity contribution in [3.63, 3.8) is 0 Å². The Morgan fingerprint density at radius 3 is 2.62 bits per heavy atom. The molecular weight excluding hydrogens is 266 g/mol. The van der Waals surface area contributed by atoms with Crippen molar-refractivity contribution < 1.29 is 9.90 Å². The number of aliphatic carboxylic acids is 1. The Bertz CT molecular complexity index is 373. The summed E-state index contributed by atoms with van der Waals surface area (Å²) in [6.07, 6.45) is 4.13. The number of carbonyl (C=O) groups is 1. The van der Waals surface area contributed by atoms with E-state index in [9.17, 15) is 9.90 Å². The molecule has 1 aliphatic heterocycles. The van der Waals surface area contributed by atoms with Gasteiger partial charge in [-0.1, -0.05) is 0 Å². The van der Waals surface area contributed by atoms with Crippen molar-refractivity contribution in [1.82, 2.24) is 15.1 Å². The van der Waals surface area contributed by atoms with E-state index in [0.717, 1.165) is 31.8 Å². The zero-order valence-corrected chi connectivity index (χ0v) is 13.9. The molecule has 0 amide bonds. The van der Waals surface area contributed by atoms with Gasteiger partial charge in [0.25, 0.3) is 0 Å². The van der Waals surface area contributed by atoms with E-state index in [4.69, 9.17) is 0 Å². The van der Waals surface area contributed by atoms with E-state index in [0.29, 0.717) is 12.5 Å². The number of carboxylic acids is 1. The van der Waals surface area contributed by atoms with Gasteiger partial charge in [0.2, 0.25) is 0 Å². The average molecular weight is 297 g/mol. The highest BCUT2D eigenvalue weighted by Gasteiger charge is 2.40. The molecule has 1 saturated carbocycles. The Kier molecular flexibility index (Phi) is 5.28. The van der Waals surface area contributed by atoms with Crippen LogP contribution in [0, 0.1) is 5.92 Å². The summed E-state index contributed by atoms with van der Waals surface area (Å²) in [5, 5.41) is 12.9. The molecule has 1 saturated heterocycles. The summed E-state index contributed by atoms with van der Waals surface area (Å²) in [6.45, 7) is 7.39. The molecule has 0 spiro atoms. The fraction of sp³-hybridized carbons (Fsp3) is 0.938. The minimum absolute atomic E-state index is 0.267. The largest absolute Gasteiger partial charge is 0.480 e. The van der Waals surface area contributed by atoms with E-state index in [1.807, 2.05) is 6.92 Å². The summed E-state index contributed by atoms with van der Waals surface area (Å²) in [6, 6.07) is 0.676. The van der Waals surface area contributed by atoms with Crippen molar-refractivity contribution in [2.45, 2.75) is 57.2 Å². The number of nitrogens with zero attached hydrogens (tertiary/aromatic N) is 2. The van der Waals surface area contributed by atoms with Crippen LogP contribution in [-0.4, -0.2) is 72.2 Å². The first-order valence-electron chi connectivity index (χ1n) is 8.20. The van der Waals surface area contributed by atoms with Gasteiger partial charge in [0, 0.05) is 25.2 Å². The monoisotopic (exact) mass is 297 g/mol. The van der Waals surface area contributed by atoms with Gasteiger partial charge >= 0.3 is 5.97 Å². The normalized spacial score (nSPS) is 27.8. The molecule has 1 aliphatic carbocycles. The Morgan fingerprint density at radius 1 is 1.48 bits per heavy atom. The maximum atomic E-state index is 11.6. The molecule has 0 bridgehead atoms. The third-order valence-electron chi connectivity index (χ3n) is 5.06. The molecule has 2 aliphatic rings. The summed E-state index contributed by atoms with van der Waals surface area (Å²) in [7, 11) is 4.30. The molecule has 3 unspecified atom stereocenters. The van der Waals surface area contributed by atoms with Crippen molar-refractivity contribution in [3.05, 3.63) is 0 Å². The first-order chi connectivity index (χ1) is 9.80. The lowest BCUT2D eigenvalue weighted by Crippen LogP contribution is -2.54. The van der Waals surface area contributed by atoms with Gasteiger partial charge in [0.15, 0.2) is 0 Å². The van der Waals surface area contributed by atoms with Gasteiger partial charge in [0.1, 0.15) is 5.54 Å². The lowest BCUT2D eigenvalue weighted by molar-refractivity contribution is -0.145. The van der Waals surface area contributed by atoms with Crippen LogP contribution < -0.4 is 5.32 Å². The predicted molar refractivity (Wildman–Crippen MR) is 84.5 cm³/mol. The Balaban J connectivity index is 1.85. The van der Waals surface area contributed by atoms with Crippen LogP contribution in [0.4, 0.5) is 0 Å². The van der Waals surface area contributed by atoms with Gasteiger partial charge in [-0.3, -0.25) is 10.1 Å². The average Bonchev–Trinajstić information content (AvgIpc) is 3.10. The second-order valence-electron chi connectivity index (χ2n) is 7.47. The molecule has 5 nitrogen and oxygen atoms in total. The quantitative estimate of drug-likeness (QED) is 0.706. The lowest BCUT2D eigenvalue weighted by atomic mass is 9.92. The molecule has 5 heteroatoms. The van der Waals surface area contributed by atoms with Crippen LogP contribution >= 0.6 is 0 Å². The van der Waals surface area contributed by atoms with Crippen LogP contribution in [0.2, 0.25) is 0 Å². The van der Waals surface area contributed by atoms with Crippen LogP contribution in [0.15, 0.2) is 0 Å². The summed E-state index contributed by atoms with van der Waals surface area (Å²) < 4.78 is 0. The molecule has 0 radical (unpaired) electrons. The molecule has 2 rings (SSSR count). The standard InChI is InChI=1S/C16H31N3O2/c1-12(19(4)11-13-7-8-18(3)10-13)9-16(2,15(20)21)17-14-5-6-14/h12-14,17H,5-11H2,1-4H3,(H,20,21). The molecule has 21 heavy (non-hydrogen) atoms. The van der Waals surface area contributed by atoms with E-state index in [1.54, 1.807) is 0 Å². The third-order valence-corrected chi connectivity index (χ3v) is 5.06. The minimum atomic E-state index is -0.804. The fourth-order valence-corrected chi connectivity index (χ4v) is 3.40. The van der Waals surface area contributed by atoms with Crippen molar-refractivity contribution in [2.75, 3.05) is 33.7 Å². The van der Waals surface area contributed by atoms with Gasteiger partial charge < -0.3 is 14.9 Å². The zero-order valence-electron chi connectivity index (χ0n) is 13.9. The maximum absolute atomic E-state index is 11.6. The maximum Gasteiger partial charge on any atom is 0.323 e. The van der Waals surface area contributed by atoms with E-state index < -0.39 is 11.5 Å². The van der Waals surface area contributed by atoms with Gasteiger partial charge in [-0.05, 0) is 66.1 Å². The molecule has 2 N–H and O–H groups in total. The number of hydrogen-bond acceptors (Lipinski definition) is 4. The van der Waals surface area contributed by atoms with Crippen molar-refractivity contribution in [3.8, 4) is 0 Å². The fourth-order valence-electron chi connectivity index (χ4n) is 3.40. The number of carboxylic acid groups (broad SMARTS) is 1. The Morgan fingerprint density at radius 2 is 2.14 bits per heavy atom. The topological polar surface area (TPSA) is 55.8 Å². The summed E-state index contributed by atoms with van der Waals surface area (Å²) in [5.41, 5.74) is -0.804. The summed E-state index contributed by atoms with van der Waals surface area (Å²) in [4.78, 5) is 16.3. The first-order valence-corrected chi connectivity index (χ1v) is 8.20. The van der Waals surface area contributed by atoms with E-state index >= 15 is 0 Å². The van der Waals surface area contributed by atoms with Crippen LogP contribution in [0.3, 0.4) is 0 Å². The highest BCUT2D eigenvalue weighted by molar-refractivity contribution is 5.78. The second kappa shape index (κ2) is 6.63. The van der Waals surface area contributed by atoms with Gasteiger partial charge in [0.05, 0.1) is 0 Å². The molecule has 3 atom stereocenters. The van der Waals surface area contributed by atoms with Crippen LogP contribution in [0.5, 0.6) is 0 Å². The molecule has 0 aromatic rings. The van der Waals surface area contributed by atoms with E-state index in [-0.39, 0.29) is 6.04 Å². The number of nitrogens with one attached hydrogen (secondary N) is 1. The molecule has 0 aromatic carbocycles. The predicted octanol–water partition coefficient (Wildman–Crippen LogP) is 1.24. The molecule has 2 fully saturated rings. The van der Waals surface area contributed by atoms with Gasteiger partial charge in [-0.15, -0.1) is 0 Å². The van der Waals surface area contributed by atoms with Gasteiger partial charge in [-0.25, -0.2) is 0 Å². The Labute approximate surface area is 128 Å². The second-order valence-corrected chi connectivity index (χ2v) is 7.47. The summed E-state index contributed by atoms with van der Waals surface area (Å²) >= 11 is 0. The van der Waals surface area contributed by atoms with Gasteiger partial charge in [-0.2, -0.15) is 0 Å². The first kappa shape index (κ1) is 16.7. The van der Waals surface area contributed by atoms with Crippen LogP contribution in [-0.2, 0) is 4.79 Å². The number of rotatable bonds is 8.